The van der Waals surface area contributed by atoms with Gasteiger partial charge in [-0.05, 0) is 35.2 Å². The number of amides is 1. The summed E-state index contributed by atoms with van der Waals surface area (Å²) in [5, 5.41) is 4.07. The molecule has 174 valence electrons. The molecule has 1 aliphatic heterocycles. The fraction of sp³-hybridized carbons (Fsp3) is 0.423. The fourth-order valence-electron chi connectivity index (χ4n) is 4.23. The molecule has 1 amide bonds. The van der Waals surface area contributed by atoms with E-state index in [9.17, 15) is 4.79 Å². The van der Waals surface area contributed by atoms with Crippen molar-refractivity contribution in [3.63, 3.8) is 0 Å². The quantitative estimate of drug-likeness (QED) is 0.552. The molecule has 2 heterocycles. The van der Waals surface area contributed by atoms with E-state index in [-0.39, 0.29) is 17.4 Å². The van der Waals surface area contributed by atoms with Crippen molar-refractivity contribution in [3.8, 4) is 11.5 Å². The number of hydrogen-bond acceptors (Lipinski definition) is 6. The second-order valence-electron chi connectivity index (χ2n) is 9.32. The summed E-state index contributed by atoms with van der Waals surface area (Å²) in [5.41, 5.74) is 3.09. The molecule has 3 aromatic rings. The van der Waals surface area contributed by atoms with Crippen LogP contribution in [0.15, 0.2) is 47.0 Å². The number of methoxy groups -OCH3 is 2. The Labute approximate surface area is 194 Å². The number of fused-ring (bicyclic) bond motifs is 1. The molecule has 1 unspecified atom stereocenters. The van der Waals surface area contributed by atoms with E-state index in [1.54, 1.807) is 14.2 Å². The van der Waals surface area contributed by atoms with Crippen LogP contribution in [-0.2, 0) is 23.1 Å². The number of benzene rings is 2. The zero-order chi connectivity index (χ0) is 23.6. The highest BCUT2D eigenvalue weighted by Gasteiger charge is 2.33. The summed E-state index contributed by atoms with van der Waals surface area (Å²) in [5.74, 6) is 2.56. The van der Waals surface area contributed by atoms with Crippen molar-refractivity contribution in [2.75, 3.05) is 20.8 Å². The number of hydrogen-bond donors (Lipinski definition) is 0. The summed E-state index contributed by atoms with van der Waals surface area (Å²) < 4.78 is 16.5. The van der Waals surface area contributed by atoms with E-state index in [0.29, 0.717) is 42.6 Å². The molecule has 7 heteroatoms. The molecule has 4 rings (SSSR count). The van der Waals surface area contributed by atoms with Crippen molar-refractivity contribution in [3.05, 3.63) is 70.9 Å². The van der Waals surface area contributed by atoms with Gasteiger partial charge < -0.3 is 18.9 Å². The van der Waals surface area contributed by atoms with Crippen molar-refractivity contribution in [1.82, 2.24) is 15.0 Å². The van der Waals surface area contributed by atoms with E-state index in [2.05, 4.69) is 22.3 Å². The highest BCUT2D eigenvalue weighted by Crippen LogP contribution is 2.41. The highest BCUT2D eigenvalue weighted by atomic mass is 16.5. The molecule has 0 bridgehead atoms. The van der Waals surface area contributed by atoms with Crippen LogP contribution >= 0.6 is 0 Å². The van der Waals surface area contributed by atoms with Crippen molar-refractivity contribution in [2.24, 2.45) is 0 Å². The summed E-state index contributed by atoms with van der Waals surface area (Å²) in [4.78, 5) is 19.8. The molecule has 7 nitrogen and oxygen atoms in total. The van der Waals surface area contributed by atoms with Crippen LogP contribution in [0.25, 0.3) is 0 Å². The van der Waals surface area contributed by atoms with Gasteiger partial charge >= 0.3 is 0 Å². The first kappa shape index (κ1) is 22.8. The molecule has 0 saturated heterocycles. The number of carbonyl (C=O) groups excluding carboxylic acids is 1. The molecule has 2 aromatic carbocycles. The Morgan fingerprint density at radius 1 is 1.12 bits per heavy atom. The Morgan fingerprint density at radius 3 is 2.45 bits per heavy atom. The van der Waals surface area contributed by atoms with Gasteiger partial charge in [0.15, 0.2) is 17.3 Å². The number of aryl methyl sites for hydroxylation is 1. The number of ether oxygens (including phenoxy) is 2. The number of aromatic nitrogens is 2. The van der Waals surface area contributed by atoms with E-state index in [1.165, 1.54) is 0 Å². The van der Waals surface area contributed by atoms with Crippen LogP contribution in [0.3, 0.4) is 0 Å². The third kappa shape index (κ3) is 4.72. The highest BCUT2D eigenvalue weighted by molar-refractivity contribution is 5.78. The predicted molar refractivity (Wildman–Crippen MR) is 125 cm³/mol. The van der Waals surface area contributed by atoms with Crippen LogP contribution in [0.1, 0.15) is 61.6 Å². The topological polar surface area (TPSA) is 77.7 Å². The van der Waals surface area contributed by atoms with Gasteiger partial charge in [0.25, 0.3) is 0 Å². The molecular weight excluding hydrogens is 418 g/mol. The average Bonchev–Trinajstić information content (AvgIpc) is 3.31. The summed E-state index contributed by atoms with van der Waals surface area (Å²) >= 11 is 0. The van der Waals surface area contributed by atoms with Gasteiger partial charge in [-0.1, -0.05) is 56.3 Å². The molecule has 33 heavy (non-hydrogen) atoms. The largest absolute Gasteiger partial charge is 0.493 e. The molecular formula is C26H31N3O4. The van der Waals surface area contributed by atoms with Gasteiger partial charge in [0, 0.05) is 24.8 Å². The second-order valence-corrected chi connectivity index (χ2v) is 9.32. The van der Waals surface area contributed by atoms with Gasteiger partial charge in [-0.25, -0.2) is 0 Å². The maximum absolute atomic E-state index is 13.4. The normalized spacial score (nSPS) is 15.8. The average molecular weight is 450 g/mol. The summed E-state index contributed by atoms with van der Waals surface area (Å²) in [6, 6.07) is 13.9. The summed E-state index contributed by atoms with van der Waals surface area (Å²) in [6.07, 6.45) is 1.47. The van der Waals surface area contributed by atoms with Gasteiger partial charge in [-0.2, -0.15) is 4.98 Å². The molecule has 0 radical (unpaired) electrons. The number of nitrogens with zero attached hydrogens (tertiary/aromatic N) is 3. The minimum Gasteiger partial charge on any atom is -0.493 e. The summed E-state index contributed by atoms with van der Waals surface area (Å²) in [7, 11) is 3.27. The van der Waals surface area contributed by atoms with E-state index < -0.39 is 0 Å². The third-order valence-electron chi connectivity index (χ3n) is 6.00. The molecule has 0 N–H and O–H groups in total. The molecule has 1 aliphatic rings. The van der Waals surface area contributed by atoms with Crippen LogP contribution in [-0.4, -0.2) is 41.7 Å². The molecule has 1 atom stereocenters. The number of rotatable bonds is 6. The Balaban J connectivity index is 1.62. The lowest BCUT2D eigenvalue weighted by molar-refractivity contribution is -0.133. The first-order chi connectivity index (χ1) is 15.8. The van der Waals surface area contributed by atoms with Crippen LogP contribution < -0.4 is 9.47 Å². The monoisotopic (exact) mass is 449 g/mol. The second kappa shape index (κ2) is 9.25. The standard InChI is InChI=1S/C26H31N3O4/c1-26(2,3)25-27-22(33-28-25)11-12-23(30)29-14-13-18-15-20(31-4)21(32-5)16-19(18)24(29)17-9-7-6-8-10-17/h6-10,15-16,24H,11-14H2,1-5H3. The van der Waals surface area contributed by atoms with Crippen molar-refractivity contribution in [2.45, 2.75) is 51.5 Å². The zero-order valence-corrected chi connectivity index (χ0v) is 19.9. The smallest absolute Gasteiger partial charge is 0.227 e. The molecule has 0 saturated carbocycles. The first-order valence-corrected chi connectivity index (χ1v) is 11.2. The van der Waals surface area contributed by atoms with Crippen molar-refractivity contribution >= 4 is 5.91 Å². The van der Waals surface area contributed by atoms with Crippen molar-refractivity contribution < 1.29 is 18.8 Å². The lowest BCUT2D eigenvalue weighted by atomic mass is 9.87. The van der Waals surface area contributed by atoms with Crippen LogP contribution in [0, 0.1) is 0 Å². The van der Waals surface area contributed by atoms with Gasteiger partial charge in [0.2, 0.25) is 11.8 Å². The predicted octanol–water partition coefficient (Wildman–Crippen LogP) is 4.49. The maximum Gasteiger partial charge on any atom is 0.227 e. The fourth-order valence-corrected chi connectivity index (χ4v) is 4.23. The van der Waals surface area contributed by atoms with Gasteiger partial charge in [0.1, 0.15) is 0 Å². The Morgan fingerprint density at radius 2 is 1.82 bits per heavy atom. The zero-order valence-electron chi connectivity index (χ0n) is 19.9. The van der Waals surface area contributed by atoms with Crippen molar-refractivity contribution in [1.29, 1.82) is 0 Å². The Kier molecular flexibility index (Phi) is 6.40. The van der Waals surface area contributed by atoms with E-state index in [0.717, 1.165) is 23.1 Å². The minimum absolute atomic E-state index is 0.0554. The van der Waals surface area contributed by atoms with Crippen LogP contribution in [0.4, 0.5) is 0 Å². The maximum atomic E-state index is 13.4. The Bertz CT molecular complexity index is 1120. The van der Waals surface area contributed by atoms with Crippen LogP contribution in [0.5, 0.6) is 11.5 Å². The first-order valence-electron chi connectivity index (χ1n) is 11.2. The lowest BCUT2D eigenvalue weighted by Gasteiger charge is -2.38. The number of carbonyl (C=O) groups is 1. The van der Waals surface area contributed by atoms with E-state index in [1.807, 2.05) is 56.0 Å². The van der Waals surface area contributed by atoms with Gasteiger partial charge in [-0.15, -0.1) is 0 Å². The molecule has 0 aliphatic carbocycles. The lowest BCUT2D eigenvalue weighted by Crippen LogP contribution is -2.40. The Hall–Kier alpha value is -3.35. The van der Waals surface area contributed by atoms with Gasteiger partial charge in [0.05, 0.1) is 20.3 Å². The summed E-state index contributed by atoms with van der Waals surface area (Å²) in [6.45, 7) is 6.72. The minimum atomic E-state index is -0.199. The van der Waals surface area contributed by atoms with E-state index in [4.69, 9.17) is 14.0 Å². The van der Waals surface area contributed by atoms with Crippen LogP contribution in [0.2, 0.25) is 0 Å². The SMILES string of the molecule is COc1cc2c(cc1OC)C(c1ccccc1)N(C(=O)CCc1nc(C(C)(C)C)no1)CC2. The van der Waals surface area contributed by atoms with Gasteiger partial charge in [-0.3, -0.25) is 4.79 Å². The molecule has 0 fully saturated rings. The third-order valence-corrected chi connectivity index (χ3v) is 6.00. The molecule has 1 aromatic heterocycles. The van der Waals surface area contributed by atoms with E-state index >= 15 is 0 Å². The molecule has 0 spiro atoms.